The zero-order chi connectivity index (χ0) is 5.98. The van der Waals surface area contributed by atoms with Crippen molar-refractivity contribution in [2.75, 3.05) is 0 Å². The molecule has 0 bridgehead atoms. The van der Waals surface area contributed by atoms with Gasteiger partial charge in [0.2, 0.25) is 0 Å². The quantitative estimate of drug-likeness (QED) is 0.473. The molecule has 3 nitrogen and oxygen atoms in total. The Morgan fingerprint density at radius 3 is 2.88 bits per heavy atom. The van der Waals surface area contributed by atoms with E-state index >= 15 is 0 Å². The van der Waals surface area contributed by atoms with E-state index in [-0.39, 0.29) is 0 Å². The molecule has 8 heavy (non-hydrogen) atoms. The molecule has 1 radical (unpaired) electrons. The summed E-state index contributed by atoms with van der Waals surface area (Å²) in [6.07, 6.45) is 1.16. The SMILES string of the molecule is O=c1cc[c]cn1O. The Balaban J connectivity index is 3.35. The number of pyridine rings is 1. The van der Waals surface area contributed by atoms with Gasteiger partial charge in [-0.1, -0.05) is 0 Å². The van der Waals surface area contributed by atoms with Gasteiger partial charge in [0.25, 0.3) is 5.56 Å². The maximum Gasteiger partial charge on any atom is 0.282 e. The Labute approximate surface area is 45.8 Å². The molecule has 3 heteroatoms. The Morgan fingerprint density at radius 2 is 2.50 bits per heavy atom. The van der Waals surface area contributed by atoms with E-state index < -0.39 is 5.56 Å². The van der Waals surface area contributed by atoms with Gasteiger partial charge in [0.15, 0.2) is 0 Å². The van der Waals surface area contributed by atoms with E-state index in [1.165, 1.54) is 12.1 Å². The van der Waals surface area contributed by atoms with Gasteiger partial charge >= 0.3 is 0 Å². The molecule has 1 rings (SSSR count). The van der Waals surface area contributed by atoms with Crippen LogP contribution in [-0.4, -0.2) is 9.94 Å². The van der Waals surface area contributed by atoms with Crippen molar-refractivity contribution in [1.29, 1.82) is 0 Å². The van der Waals surface area contributed by atoms with Crippen LogP contribution in [0, 0.1) is 6.07 Å². The Kier molecular flexibility index (Phi) is 1.04. The molecule has 0 unspecified atom stereocenters. The third-order valence-electron chi connectivity index (χ3n) is 0.745. The average molecular weight is 110 g/mol. The molecule has 1 N–H and O–H groups in total. The van der Waals surface area contributed by atoms with E-state index in [4.69, 9.17) is 5.21 Å². The lowest BCUT2D eigenvalue weighted by Crippen LogP contribution is -2.13. The molecule has 0 saturated carbocycles. The highest BCUT2D eigenvalue weighted by Gasteiger charge is 1.82. The van der Waals surface area contributed by atoms with Crippen LogP contribution < -0.4 is 5.56 Å². The van der Waals surface area contributed by atoms with Gasteiger partial charge in [0.05, 0.1) is 6.20 Å². The van der Waals surface area contributed by atoms with Crippen molar-refractivity contribution < 1.29 is 5.21 Å². The van der Waals surface area contributed by atoms with E-state index in [0.29, 0.717) is 4.73 Å². The summed E-state index contributed by atoms with van der Waals surface area (Å²) in [6, 6.07) is 5.18. The smallest absolute Gasteiger partial charge is 0.282 e. The van der Waals surface area contributed by atoms with E-state index in [2.05, 4.69) is 6.07 Å². The highest BCUT2D eigenvalue weighted by molar-refractivity contribution is 4.88. The maximum absolute atomic E-state index is 10.3. The molecule has 1 aromatic heterocycles. The number of nitrogens with zero attached hydrogens (tertiary/aromatic N) is 1. The topological polar surface area (TPSA) is 42.2 Å². The van der Waals surface area contributed by atoms with Crippen molar-refractivity contribution in [2.24, 2.45) is 0 Å². The lowest BCUT2D eigenvalue weighted by Gasteiger charge is -1.87. The van der Waals surface area contributed by atoms with Crippen LogP contribution in [0.15, 0.2) is 23.1 Å². The van der Waals surface area contributed by atoms with Crippen molar-refractivity contribution >= 4 is 0 Å². The second kappa shape index (κ2) is 1.69. The summed E-state index contributed by atoms with van der Waals surface area (Å²) in [5.41, 5.74) is -0.441. The first-order valence-electron chi connectivity index (χ1n) is 2.09. The first-order chi connectivity index (χ1) is 3.80. The molecule has 0 aromatic carbocycles. The second-order valence-corrected chi connectivity index (χ2v) is 1.31. The molecule has 0 atom stereocenters. The Bertz CT molecular complexity index is 228. The molecule has 0 saturated heterocycles. The number of hydrogen-bond donors (Lipinski definition) is 1. The van der Waals surface area contributed by atoms with Crippen LogP contribution in [0.4, 0.5) is 0 Å². The summed E-state index contributed by atoms with van der Waals surface area (Å²) in [4.78, 5) is 10.3. The summed E-state index contributed by atoms with van der Waals surface area (Å²) in [5.74, 6) is 0. The van der Waals surface area contributed by atoms with E-state index in [1.54, 1.807) is 0 Å². The van der Waals surface area contributed by atoms with Crippen LogP contribution in [0.3, 0.4) is 0 Å². The monoisotopic (exact) mass is 110 g/mol. The highest BCUT2D eigenvalue weighted by Crippen LogP contribution is 1.71. The van der Waals surface area contributed by atoms with Gasteiger partial charge in [0.1, 0.15) is 0 Å². The maximum atomic E-state index is 10.3. The van der Waals surface area contributed by atoms with Crippen LogP contribution in [0.2, 0.25) is 0 Å². The molecule has 0 aliphatic heterocycles. The van der Waals surface area contributed by atoms with Crippen LogP contribution >= 0.6 is 0 Å². The first kappa shape index (κ1) is 4.90. The van der Waals surface area contributed by atoms with Crippen molar-refractivity contribution in [3.63, 3.8) is 0 Å². The van der Waals surface area contributed by atoms with Crippen molar-refractivity contribution in [2.45, 2.75) is 0 Å². The second-order valence-electron chi connectivity index (χ2n) is 1.31. The average Bonchev–Trinajstić information content (AvgIpc) is 1.77. The lowest BCUT2D eigenvalue weighted by atomic mass is 10.5. The summed E-state index contributed by atoms with van der Waals surface area (Å²) >= 11 is 0. The minimum absolute atomic E-state index is 0.441. The summed E-state index contributed by atoms with van der Waals surface area (Å²) in [7, 11) is 0. The standard InChI is InChI=1S/C5H4NO2/c7-5-3-1-2-4-6(5)8/h1,3-4,8H. The minimum atomic E-state index is -0.441. The minimum Gasteiger partial charge on any atom is -0.425 e. The zero-order valence-electron chi connectivity index (χ0n) is 4.03. The molecule has 41 valence electrons. The van der Waals surface area contributed by atoms with E-state index in [1.807, 2.05) is 0 Å². The summed E-state index contributed by atoms with van der Waals surface area (Å²) in [5, 5.41) is 8.49. The summed E-state index contributed by atoms with van der Waals surface area (Å²) in [6.45, 7) is 0. The Hall–Kier alpha value is -1.25. The molecule has 0 fully saturated rings. The molecule has 0 spiro atoms. The fraction of sp³-hybridized carbons (Fsp3) is 0. The summed E-state index contributed by atoms with van der Waals surface area (Å²) < 4.78 is 0.472. The lowest BCUT2D eigenvalue weighted by molar-refractivity contribution is 0.174. The molecule has 1 aromatic rings. The fourth-order valence-corrected chi connectivity index (χ4v) is 0.373. The zero-order valence-corrected chi connectivity index (χ0v) is 4.03. The predicted molar refractivity (Wildman–Crippen MR) is 26.7 cm³/mol. The van der Waals surface area contributed by atoms with E-state index in [9.17, 15) is 4.79 Å². The van der Waals surface area contributed by atoms with Crippen LogP contribution in [0.1, 0.15) is 0 Å². The third kappa shape index (κ3) is 0.703. The van der Waals surface area contributed by atoms with Gasteiger partial charge < -0.3 is 5.21 Å². The molecule has 0 amide bonds. The molecule has 0 aliphatic rings. The van der Waals surface area contributed by atoms with Gasteiger partial charge in [-0.3, -0.25) is 4.79 Å². The van der Waals surface area contributed by atoms with Gasteiger partial charge in [-0.25, -0.2) is 0 Å². The number of hydrogen-bond acceptors (Lipinski definition) is 2. The Morgan fingerprint density at radius 1 is 1.75 bits per heavy atom. The van der Waals surface area contributed by atoms with Crippen molar-refractivity contribution in [3.8, 4) is 0 Å². The molecule has 1 heterocycles. The molecular weight excluding hydrogens is 106 g/mol. The van der Waals surface area contributed by atoms with Crippen molar-refractivity contribution in [1.82, 2.24) is 4.73 Å². The van der Waals surface area contributed by atoms with Crippen LogP contribution in [-0.2, 0) is 0 Å². The third-order valence-corrected chi connectivity index (χ3v) is 0.745. The normalized spacial score (nSPS) is 9.00. The van der Waals surface area contributed by atoms with Gasteiger partial charge in [0, 0.05) is 12.1 Å². The van der Waals surface area contributed by atoms with E-state index in [0.717, 1.165) is 6.20 Å². The molecule has 0 aliphatic carbocycles. The van der Waals surface area contributed by atoms with Crippen LogP contribution in [0.5, 0.6) is 0 Å². The van der Waals surface area contributed by atoms with Gasteiger partial charge in [-0.05, 0) is 6.07 Å². The number of aromatic nitrogens is 1. The first-order valence-corrected chi connectivity index (χ1v) is 2.09. The molecular formula is C5H4NO2. The van der Waals surface area contributed by atoms with Gasteiger partial charge in [-0.15, -0.1) is 0 Å². The fourth-order valence-electron chi connectivity index (χ4n) is 0.373. The van der Waals surface area contributed by atoms with Crippen LogP contribution in [0.25, 0.3) is 0 Å². The van der Waals surface area contributed by atoms with Gasteiger partial charge in [-0.2, -0.15) is 4.73 Å². The van der Waals surface area contributed by atoms with Crippen molar-refractivity contribution in [3.05, 3.63) is 34.7 Å². The number of rotatable bonds is 0. The highest BCUT2D eigenvalue weighted by atomic mass is 16.5. The predicted octanol–water partition coefficient (Wildman–Crippen LogP) is -0.114. The largest absolute Gasteiger partial charge is 0.425 e.